The molecule has 2 atom stereocenters. The summed E-state index contributed by atoms with van der Waals surface area (Å²) in [5.41, 5.74) is 3.30. The van der Waals surface area contributed by atoms with Gasteiger partial charge in [0.1, 0.15) is 28.8 Å². The summed E-state index contributed by atoms with van der Waals surface area (Å²) in [5, 5.41) is 6.24. The number of anilines is 3. The van der Waals surface area contributed by atoms with Gasteiger partial charge in [-0.05, 0) is 69.6 Å². The molecular formula is C31H32N10O3. The number of aromatic nitrogens is 6. The molecule has 3 saturated carbocycles. The summed E-state index contributed by atoms with van der Waals surface area (Å²) in [6.45, 7) is 4.05. The number of pyridine rings is 1. The molecule has 5 heterocycles. The van der Waals surface area contributed by atoms with Gasteiger partial charge in [-0.15, -0.1) is 0 Å². The van der Waals surface area contributed by atoms with Crippen LogP contribution in [-0.2, 0) is 16.1 Å². The van der Waals surface area contributed by atoms with Gasteiger partial charge in [0.25, 0.3) is 5.91 Å². The fraction of sp³-hybridized carbons (Fsp3) is 0.419. The first-order chi connectivity index (χ1) is 21.2. The molecule has 13 nitrogen and oxygen atoms in total. The summed E-state index contributed by atoms with van der Waals surface area (Å²) in [6, 6.07) is 5.29. The third-order valence-corrected chi connectivity index (χ3v) is 9.04. The molecule has 2 N–H and O–H groups in total. The minimum atomic E-state index is -0.786. The van der Waals surface area contributed by atoms with E-state index >= 15 is 0 Å². The van der Waals surface area contributed by atoms with Crippen molar-refractivity contribution in [1.29, 1.82) is 0 Å². The number of imidazole rings is 1. The second kappa shape index (κ2) is 9.53. The monoisotopic (exact) mass is 592 g/mol. The van der Waals surface area contributed by atoms with Crippen LogP contribution in [0.4, 0.5) is 22.1 Å². The van der Waals surface area contributed by atoms with Gasteiger partial charge in [0.15, 0.2) is 5.65 Å². The molecule has 224 valence electrons. The first kappa shape index (κ1) is 26.7. The molecule has 0 bridgehead atoms. The van der Waals surface area contributed by atoms with Gasteiger partial charge in [-0.2, -0.15) is 0 Å². The Hall–Kier alpha value is -4.94. The first-order valence-electron chi connectivity index (χ1n) is 15.0. The number of fused-ring (bicyclic) bond motifs is 1. The van der Waals surface area contributed by atoms with Gasteiger partial charge in [0, 0.05) is 49.2 Å². The normalized spacial score (nSPS) is 21.8. The summed E-state index contributed by atoms with van der Waals surface area (Å²) in [7, 11) is 1.55. The predicted molar refractivity (Wildman–Crippen MR) is 160 cm³/mol. The molecule has 3 aliphatic carbocycles. The Labute approximate surface area is 253 Å². The molecule has 1 spiro atoms. The molecular weight excluding hydrogens is 560 g/mol. The zero-order chi connectivity index (χ0) is 30.3. The van der Waals surface area contributed by atoms with Crippen LogP contribution in [0.5, 0.6) is 0 Å². The Morgan fingerprint density at radius 3 is 2.59 bits per heavy atom. The molecule has 0 aromatic carbocycles. The van der Waals surface area contributed by atoms with Crippen LogP contribution in [0.1, 0.15) is 72.5 Å². The van der Waals surface area contributed by atoms with Crippen LogP contribution in [-0.4, -0.2) is 64.7 Å². The summed E-state index contributed by atoms with van der Waals surface area (Å²) in [4.78, 5) is 64.7. The van der Waals surface area contributed by atoms with Crippen molar-refractivity contribution < 1.29 is 14.4 Å². The van der Waals surface area contributed by atoms with Crippen molar-refractivity contribution in [3.8, 4) is 0 Å². The molecule has 4 aromatic rings. The van der Waals surface area contributed by atoms with Crippen molar-refractivity contribution in [2.45, 2.75) is 69.9 Å². The molecule has 13 heteroatoms. The van der Waals surface area contributed by atoms with E-state index in [9.17, 15) is 14.4 Å². The van der Waals surface area contributed by atoms with Crippen LogP contribution in [0, 0.1) is 19.8 Å². The number of nitrogens with zero attached hydrogens (tertiary/aromatic N) is 8. The van der Waals surface area contributed by atoms with Crippen LogP contribution < -0.4 is 15.5 Å². The first-order valence-corrected chi connectivity index (χ1v) is 15.0. The lowest BCUT2D eigenvalue weighted by Crippen LogP contribution is -2.37. The van der Waals surface area contributed by atoms with Gasteiger partial charge in [-0.25, -0.2) is 29.7 Å². The van der Waals surface area contributed by atoms with Crippen molar-refractivity contribution in [2.75, 3.05) is 22.6 Å². The fourth-order valence-corrected chi connectivity index (χ4v) is 6.30. The van der Waals surface area contributed by atoms with Gasteiger partial charge in [-0.1, -0.05) is 0 Å². The van der Waals surface area contributed by atoms with E-state index in [-0.39, 0.29) is 29.7 Å². The fourth-order valence-electron chi connectivity index (χ4n) is 6.30. The minimum absolute atomic E-state index is 0.0139. The largest absolute Gasteiger partial charge is 0.364 e. The smallest absolute Gasteiger partial charge is 0.332 e. The Morgan fingerprint density at radius 2 is 1.84 bits per heavy atom. The van der Waals surface area contributed by atoms with E-state index in [1.165, 1.54) is 4.90 Å². The lowest BCUT2D eigenvalue weighted by atomic mass is 10.1. The van der Waals surface area contributed by atoms with E-state index in [0.29, 0.717) is 66.3 Å². The highest BCUT2D eigenvalue weighted by molar-refractivity contribution is 6.19. The predicted octanol–water partition coefficient (Wildman–Crippen LogP) is 3.69. The summed E-state index contributed by atoms with van der Waals surface area (Å²) in [6.07, 6.45) is 9.99. The molecule has 0 radical (unpaired) electrons. The number of hydrogen-bond acceptors (Lipinski definition) is 9. The quantitative estimate of drug-likeness (QED) is 0.292. The van der Waals surface area contributed by atoms with Crippen LogP contribution >= 0.6 is 0 Å². The summed E-state index contributed by atoms with van der Waals surface area (Å²) >= 11 is 0. The Kier molecular flexibility index (Phi) is 5.78. The van der Waals surface area contributed by atoms with E-state index in [2.05, 4.69) is 36.8 Å². The lowest BCUT2D eigenvalue weighted by Gasteiger charge is -2.22. The van der Waals surface area contributed by atoms with Crippen LogP contribution in [0.15, 0.2) is 36.8 Å². The van der Waals surface area contributed by atoms with Crippen LogP contribution in [0.2, 0.25) is 0 Å². The maximum atomic E-state index is 13.3. The van der Waals surface area contributed by atoms with E-state index in [4.69, 9.17) is 4.98 Å². The van der Waals surface area contributed by atoms with Crippen molar-refractivity contribution in [3.05, 3.63) is 65.4 Å². The zero-order valence-corrected chi connectivity index (χ0v) is 24.7. The number of hydrogen-bond donors (Lipinski definition) is 2. The molecule has 1 saturated heterocycles. The number of likely N-dealkylation sites (N-methyl/N-ethyl adjacent to an activating group) is 1. The average molecular weight is 593 g/mol. The molecule has 8 rings (SSSR count). The second-order valence-electron chi connectivity index (χ2n) is 12.4. The Morgan fingerprint density at radius 1 is 1.05 bits per heavy atom. The maximum Gasteiger partial charge on any atom is 0.332 e. The highest BCUT2D eigenvalue weighted by Gasteiger charge is 2.65. The second-order valence-corrected chi connectivity index (χ2v) is 12.4. The third kappa shape index (κ3) is 4.45. The zero-order valence-electron chi connectivity index (χ0n) is 24.7. The number of carbonyl (C=O) groups is 3. The van der Waals surface area contributed by atoms with Crippen molar-refractivity contribution in [3.63, 3.8) is 0 Å². The highest BCUT2D eigenvalue weighted by atomic mass is 16.2. The van der Waals surface area contributed by atoms with E-state index in [0.717, 1.165) is 29.8 Å². The molecule has 4 amide bonds. The van der Waals surface area contributed by atoms with E-state index in [1.54, 1.807) is 31.1 Å². The third-order valence-electron chi connectivity index (χ3n) is 9.04. The number of amides is 4. The summed E-state index contributed by atoms with van der Waals surface area (Å²) in [5.74, 6) is 2.21. The van der Waals surface area contributed by atoms with Gasteiger partial charge < -0.3 is 15.0 Å². The van der Waals surface area contributed by atoms with E-state index in [1.807, 2.05) is 29.7 Å². The van der Waals surface area contributed by atoms with Crippen molar-refractivity contribution >= 4 is 40.8 Å². The van der Waals surface area contributed by atoms with Crippen LogP contribution in [0.3, 0.4) is 0 Å². The number of imide groups is 1. The lowest BCUT2D eigenvalue weighted by molar-refractivity contribution is -0.127. The number of aryl methyl sites for hydroxylation is 2. The van der Waals surface area contributed by atoms with E-state index < -0.39 is 5.54 Å². The Bertz CT molecular complexity index is 1880. The Balaban J connectivity index is 1.01. The number of rotatable bonds is 8. The SMILES string of the molecule is Cc1ccnc([C@H]2C[C@@H]2C(=O)Nc2cc(NCc3cn4cc(C5CC5)cc(N5C(=O)N(C)C(=O)C56CC6)c4n3)nc(C)n2)n1. The molecule has 44 heavy (non-hydrogen) atoms. The van der Waals surface area contributed by atoms with Crippen LogP contribution in [0.25, 0.3) is 5.65 Å². The number of nitrogens with one attached hydrogen (secondary N) is 2. The number of urea groups is 1. The maximum absolute atomic E-state index is 13.3. The number of carbonyl (C=O) groups excluding carboxylic acids is 3. The summed E-state index contributed by atoms with van der Waals surface area (Å²) < 4.78 is 1.97. The van der Waals surface area contributed by atoms with Gasteiger partial charge in [0.05, 0.1) is 17.9 Å². The average Bonchev–Trinajstić information content (AvgIpc) is 3.88. The molecule has 4 fully saturated rings. The minimum Gasteiger partial charge on any atom is -0.364 e. The molecule has 0 unspecified atom stereocenters. The van der Waals surface area contributed by atoms with Gasteiger partial charge in [-0.3, -0.25) is 19.4 Å². The van der Waals surface area contributed by atoms with Gasteiger partial charge >= 0.3 is 6.03 Å². The highest BCUT2D eigenvalue weighted by Crippen LogP contribution is 2.51. The van der Waals surface area contributed by atoms with Gasteiger partial charge in [0.2, 0.25) is 5.91 Å². The molecule has 1 aliphatic heterocycles. The van der Waals surface area contributed by atoms with Crippen molar-refractivity contribution in [1.82, 2.24) is 34.2 Å². The molecule has 4 aromatic heterocycles. The van der Waals surface area contributed by atoms with Crippen molar-refractivity contribution in [2.24, 2.45) is 5.92 Å². The standard InChI is InChI=1S/C31H32N10O3/c1-16-6-9-32-26(34-16)21-11-22(21)28(42)38-25-12-24(35-17(2)36-25)33-13-20-15-40-14-19(18-4-5-18)10-23(27(40)37-20)41-30(44)39(3)29(43)31(41)7-8-31/h6,9-10,12,14-15,18,21-22H,4-5,7-8,11,13H2,1-3H3,(H2,33,35,36,38,42)/t21-,22-/m0/s1. The molecule has 4 aliphatic rings. The topological polar surface area (TPSA) is 151 Å².